The van der Waals surface area contributed by atoms with E-state index in [0.29, 0.717) is 36.5 Å². The van der Waals surface area contributed by atoms with Gasteiger partial charge in [0.05, 0.1) is 11.5 Å². The number of esters is 1. The van der Waals surface area contributed by atoms with Crippen molar-refractivity contribution in [2.75, 3.05) is 31.2 Å². The van der Waals surface area contributed by atoms with Crippen LogP contribution in [-0.4, -0.2) is 71.3 Å². The van der Waals surface area contributed by atoms with Crippen LogP contribution in [0.1, 0.15) is 46.0 Å². The van der Waals surface area contributed by atoms with E-state index in [2.05, 4.69) is 13.2 Å². The maximum atomic E-state index is 14.5. The summed E-state index contributed by atoms with van der Waals surface area (Å²) in [5.41, 5.74) is -1.46. The quantitative estimate of drug-likeness (QED) is 0.222. The van der Waals surface area contributed by atoms with Gasteiger partial charge in [0.25, 0.3) is 5.91 Å². The molecule has 8 nitrogen and oxygen atoms in total. The lowest BCUT2D eigenvalue weighted by atomic mass is 9.62. The normalized spacial score (nSPS) is 30.8. The highest BCUT2D eigenvalue weighted by atomic mass is 35.5. The maximum absolute atomic E-state index is 14.5. The highest BCUT2D eigenvalue weighted by molar-refractivity contribution is 6.30. The molecule has 6 atom stereocenters. The zero-order chi connectivity index (χ0) is 28.4. The predicted octanol–water partition coefficient (Wildman–Crippen LogP) is 4.15. The van der Waals surface area contributed by atoms with E-state index in [1.165, 1.54) is 6.08 Å². The number of likely N-dealkylation sites (tertiary alicyclic amines) is 1. The first-order valence-electron chi connectivity index (χ1n) is 13.7. The van der Waals surface area contributed by atoms with Crippen LogP contribution in [0.15, 0.2) is 49.6 Å². The van der Waals surface area contributed by atoms with Gasteiger partial charge in [-0.25, -0.2) is 0 Å². The highest BCUT2D eigenvalue weighted by Gasteiger charge is 2.80. The number of carbonyl (C=O) groups is 3. The molecule has 0 saturated carbocycles. The van der Waals surface area contributed by atoms with Crippen molar-refractivity contribution in [1.82, 2.24) is 4.90 Å². The number of hydrogen-bond donors (Lipinski definition) is 1. The van der Waals surface area contributed by atoms with E-state index in [1.807, 2.05) is 13.8 Å². The van der Waals surface area contributed by atoms with Crippen LogP contribution in [-0.2, 0) is 23.9 Å². The number of halogens is 1. The molecule has 3 heterocycles. The van der Waals surface area contributed by atoms with Crippen LogP contribution in [0.5, 0.6) is 0 Å². The minimum atomic E-state index is -1.16. The van der Waals surface area contributed by atoms with Gasteiger partial charge in [0.15, 0.2) is 0 Å². The molecule has 9 heteroatoms. The Morgan fingerprint density at radius 3 is 2.54 bits per heavy atom. The number of nitrogens with zero attached hydrogens (tertiary/aromatic N) is 2. The van der Waals surface area contributed by atoms with Gasteiger partial charge in [-0.05, 0) is 56.4 Å². The van der Waals surface area contributed by atoms with E-state index in [-0.39, 0.29) is 37.5 Å². The molecule has 0 aromatic heterocycles. The molecule has 2 bridgehead atoms. The Bertz CT molecular complexity index is 1110. The van der Waals surface area contributed by atoms with Gasteiger partial charge in [-0.2, -0.15) is 0 Å². The molecule has 3 saturated heterocycles. The number of anilines is 1. The molecule has 3 aliphatic heterocycles. The Morgan fingerprint density at radius 2 is 1.90 bits per heavy atom. The lowest BCUT2D eigenvalue weighted by Gasteiger charge is -2.37. The van der Waals surface area contributed by atoms with Crippen molar-refractivity contribution in [2.45, 2.75) is 63.2 Å². The molecule has 1 aromatic carbocycles. The summed E-state index contributed by atoms with van der Waals surface area (Å²) in [7, 11) is 0. The number of unbranched alkanes of at least 4 members (excludes halogenated alkanes) is 3. The summed E-state index contributed by atoms with van der Waals surface area (Å²) < 4.78 is 12.2. The van der Waals surface area contributed by atoms with Crippen molar-refractivity contribution in [1.29, 1.82) is 0 Å². The molecule has 3 aliphatic rings. The predicted molar refractivity (Wildman–Crippen MR) is 149 cm³/mol. The average molecular weight is 559 g/mol. The molecule has 1 N–H and O–H groups in total. The number of benzene rings is 1. The zero-order valence-corrected chi connectivity index (χ0v) is 23.6. The number of aliphatic hydroxyl groups excluding tert-OH is 1. The van der Waals surface area contributed by atoms with E-state index >= 15 is 0 Å². The van der Waals surface area contributed by atoms with E-state index in [9.17, 15) is 14.4 Å². The highest BCUT2D eigenvalue weighted by Crippen LogP contribution is 2.65. The summed E-state index contributed by atoms with van der Waals surface area (Å²) in [6.45, 7) is 12.1. The Hall–Kier alpha value is -2.68. The van der Waals surface area contributed by atoms with Crippen LogP contribution >= 0.6 is 11.6 Å². The topological polar surface area (TPSA) is 96.4 Å². The summed E-state index contributed by atoms with van der Waals surface area (Å²) >= 11 is 6.11. The van der Waals surface area contributed by atoms with Gasteiger partial charge in [-0.15, -0.1) is 6.58 Å². The van der Waals surface area contributed by atoms with Gasteiger partial charge in [-0.3, -0.25) is 14.4 Å². The Balaban J connectivity index is 1.75. The summed E-state index contributed by atoms with van der Waals surface area (Å²) in [6, 6.07) is 6.05. The SMILES string of the molecule is C=CCOC(=O)[C@H]1[C@H]2C(=O)N(CCCCCCO)C(C(=O)N(CC=C)c3ccc(Cl)cc3)C23CC(C)[C@]1(C)O3. The third-order valence-corrected chi connectivity index (χ3v) is 8.92. The zero-order valence-electron chi connectivity index (χ0n) is 22.8. The third-order valence-electron chi connectivity index (χ3n) is 8.67. The van der Waals surface area contributed by atoms with Crippen molar-refractivity contribution in [2.24, 2.45) is 17.8 Å². The smallest absolute Gasteiger partial charge is 0.313 e. The second kappa shape index (κ2) is 11.8. The summed E-state index contributed by atoms with van der Waals surface area (Å²) in [6.07, 6.45) is 6.59. The number of rotatable bonds is 13. The Kier molecular flexibility index (Phi) is 8.88. The molecule has 3 fully saturated rings. The molecule has 3 unspecified atom stereocenters. The summed E-state index contributed by atoms with van der Waals surface area (Å²) in [4.78, 5) is 45.3. The number of aliphatic hydroxyl groups is 1. The van der Waals surface area contributed by atoms with Gasteiger partial charge in [0.2, 0.25) is 5.91 Å². The van der Waals surface area contributed by atoms with E-state index in [1.54, 1.807) is 40.1 Å². The number of amides is 2. The van der Waals surface area contributed by atoms with Gasteiger partial charge >= 0.3 is 5.97 Å². The molecule has 0 aliphatic carbocycles. The van der Waals surface area contributed by atoms with Crippen LogP contribution in [0.25, 0.3) is 0 Å². The maximum Gasteiger partial charge on any atom is 0.313 e. The van der Waals surface area contributed by atoms with Gasteiger partial charge in [0.1, 0.15) is 24.2 Å². The molecule has 212 valence electrons. The average Bonchev–Trinajstić information content (AvgIpc) is 3.42. The molecule has 2 amide bonds. The monoisotopic (exact) mass is 558 g/mol. The largest absolute Gasteiger partial charge is 0.461 e. The van der Waals surface area contributed by atoms with Crippen LogP contribution < -0.4 is 4.90 Å². The van der Waals surface area contributed by atoms with Gasteiger partial charge < -0.3 is 24.4 Å². The van der Waals surface area contributed by atoms with E-state index in [4.69, 9.17) is 26.2 Å². The second-order valence-corrected chi connectivity index (χ2v) is 11.4. The van der Waals surface area contributed by atoms with Crippen molar-refractivity contribution in [3.05, 3.63) is 54.6 Å². The fourth-order valence-corrected chi connectivity index (χ4v) is 6.94. The first kappa shape index (κ1) is 29.3. The van der Waals surface area contributed by atoms with Crippen LogP contribution in [0.4, 0.5) is 5.69 Å². The van der Waals surface area contributed by atoms with Crippen molar-refractivity contribution < 1.29 is 29.0 Å². The molecule has 0 radical (unpaired) electrons. The first-order valence-corrected chi connectivity index (χ1v) is 14.1. The van der Waals surface area contributed by atoms with Crippen LogP contribution in [0.2, 0.25) is 5.02 Å². The van der Waals surface area contributed by atoms with Crippen LogP contribution in [0.3, 0.4) is 0 Å². The van der Waals surface area contributed by atoms with E-state index < -0.39 is 35.0 Å². The molecule has 1 spiro atoms. The minimum Gasteiger partial charge on any atom is -0.461 e. The minimum absolute atomic E-state index is 0.0360. The van der Waals surface area contributed by atoms with Crippen molar-refractivity contribution in [3.63, 3.8) is 0 Å². The fraction of sp³-hybridized carbons (Fsp3) is 0.567. The molecule has 4 rings (SSSR count). The fourth-order valence-electron chi connectivity index (χ4n) is 6.82. The number of fused-ring (bicyclic) bond motifs is 1. The summed E-state index contributed by atoms with van der Waals surface area (Å²) in [5, 5.41) is 9.69. The van der Waals surface area contributed by atoms with E-state index in [0.717, 1.165) is 12.8 Å². The standard InChI is InChI=1S/C30H39ClN2O6/c1-5-15-32(22-13-11-21(31)12-14-22)27(36)25-30-19-20(3)29(4,39-30)24(28(37)38-18-6-2)23(30)26(35)33(25)16-9-7-8-10-17-34/h5-6,11-14,20,23-25,34H,1-2,7-10,15-19H2,3-4H3/t20?,23-,24+,25?,29-,30?/m0/s1. The lowest BCUT2D eigenvalue weighted by molar-refractivity contribution is -0.160. The van der Waals surface area contributed by atoms with Gasteiger partial charge in [0, 0.05) is 30.4 Å². The second-order valence-electron chi connectivity index (χ2n) is 11.0. The molecule has 39 heavy (non-hydrogen) atoms. The molecular weight excluding hydrogens is 520 g/mol. The lowest BCUT2D eigenvalue weighted by Crippen LogP contribution is -2.57. The van der Waals surface area contributed by atoms with Crippen LogP contribution in [0, 0.1) is 17.8 Å². The van der Waals surface area contributed by atoms with Crippen molar-refractivity contribution in [3.8, 4) is 0 Å². The summed E-state index contributed by atoms with van der Waals surface area (Å²) in [5.74, 6) is -2.75. The first-order chi connectivity index (χ1) is 18.7. The third kappa shape index (κ3) is 5.03. The van der Waals surface area contributed by atoms with Crippen molar-refractivity contribution >= 4 is 35.1 Å². The molecular formula is C30H39ClN2O6. The number of carbonyl (C=O) groups excluding carboxylic acids is 3. The Morgan fingerprint density at radius 1 is 1.21 bits per heavy atom. The number of hydrogen-bond acceptors (Lipinski definition) is 6. The molecule has 1 aromatic rings. The van der Waals surface area contributed by atoms with Gasteiger partial charge in [-0.1, -0.05) is 50.1 Å². The number of ether oxygens (including phenoxy) is 2. The Labute approximate surface area is 235 Å².